The Hall–Kier alpha value is -0.190. The first-order valence-electron chi connectivity index (χ1n) is 3.83. The lowest BCUT2D eigenvalue weighted by atomic mass is 10.4. The topological polar surface area (TPSA) is 44.5 Å². The predicted molar refractivity (Wildman–Crippen MR) is 41.0 cm³/mol. The van der Waals surface area contributed by atoms with Gasteiger partial charge < -0.3 is 15.2 Å². The smallest absolute Gasteiger partial charge is 0.189 e. The Morgan fingerprint density at radius 3 is 2.00 bits per heavy atom. The molecule has 0 radical (unpaired) electrons. The molecule has 0 bridgehead atoms. The van der Waals surface area contributed by atoms with Crippen LogP contribution < -0.4 is 5.73 Å². The second-order valence-corrected chi connectivity index (χ2v) is 2.03. The van der Waals surface area contributed by atoms with Gasteiger partial charge in [0, 0.05) is 19.8 Å². The summed E-state index contributed by atoms with van der Waals surface area (Å²) in [5.74, 6) is 0. The molecule has 0 aromatic rings. The van der Waals surface area contributed by atoms with Crippen LogP contribution in [-0.2, 0) is 9.47 Å². The van der Waals surface area contributed by atoms with E-state index in [-0.39, 0.29) is 6.54 Å². The number of halogens is 1. The number of hydrogen-bond acceptors (Lipinski definition) is 3. The Labute approximate surface area is 66.7 Å². The molecule has 0 rings (SSSR count). The fourth-order valence-electron chi connectivity index (χ4n) is 0.697. The third-order valence-corrected chi connectivity index (χ3v) is 1.18. The largest absolute Gasteiger partial charge is 0.350 e. The molecule has 0 amide bonds. The number of nitrogens with two attached hydrogens (primary N) is 1. The molecular weight excluding hydrogens is 149 g/mol. The van der Waals surface area contributed by atoms with Crippen LogP contribution in [0.5, 0.6) is 0 Å². The van der Waals surface area contributed by atoms with Crippen molar-refractivity contribution in [1.29, 1.82) is 0 Å². The lowest BCUT2D eigenvalue weighted by Gasteiger charge is -2.19. The van der Waals surface area contributed by atoms with E-state index in [4.69, 9.17) is 15.2 Å². The zero-order valence-electron chi connectivity index (χ0n) is 7.05. The molecule has 2 N–H and O–H groups in total. The average Bonchev–Trinajstić information content (AvgIpc) is 2.03. The summed E-state index contributed by atoms with van der Waals surface area (Å²) in [6, 6.07) is 0. The van der Waals surface area contributed by atoms with Gasteiger partial charge in [-0.3, -0.25) is 0 Å². The molecule has 0 aliphatic rings. The quantitative estimate of drug-likeness (QED) is 0.589. The molecule has 0 saturated carbocycles. The molecular formula is C7H16FNO2. The minimum Gasteiger partial charge on any atom is -0.350 e. The molecule has 0 heterocycles. The van der Waals surface area contributed by atoms with Crippen molar-refractivity contribution in [2.75, 3.05) is 19.8 Å². The summed E-state index contributed by atoms with van der Waals surface area (Å²) in [7, 11) is 0. The van der Waals surface area contributed by atoms with Crippen molar-refractivity contribution in [3.63, 3.8) is 0 Å². The van der Waals surface area contributed by atoms with E-state index < -0.39 is 12.5 Å². The average molecular weight is 165 g/mol. The first-order chi connectivity index (χ1) is 5.26. The SMILES string of the molecule is CCOC(OCC)C(F)CN. The number of alkyl halides is 1. The number of hydrogen-bond donors (Lipinski definition) is 1. The van der Waals surface area contributed by atoms with E-state index in [1.165, 1.54) is 0 Å². The van der Waals surface area contributed by atoms with Crippen LogP contribution >= 0.6 is 0 Å². The normalized spacial score (nSPS) is 13.9. The summed E-state index contributed by atoms with van der Waals surface area (Å²) in [6.07, 6.45) is -2.02. The molecule has 11 heavy (non-hydrogen) atoms. The second kappa shape index (κ2) is 6.52. The van der Waals surface area contributed by atoms with Crippen molar-refractivity contribution in [3.8, 4) is 0 Å². The van der Waals surface area contributed by atoms with E-state index in [0.717, 1.165) is 0 Å². The van der Waals surface area contributed by atoms with Crippen LogP contribution in [0.3, 0.4) is 0 Å². The highest BCUT2D eigenvalue weighted by Gasteiger charge is 2.19. The van der Waals surface area contributed by atoms with Gasteiger partial charge in [-0.15, -0.1) is 0 Å². The minimum atomic E-state index is -1.23. The highest BCUT2D eigenvalue weighted by atomic mass is 19.1. The Bertz CT molecular complexity index is 86.5. The van der Waals surface area contributed by atoms with Gasteiger partial charge in [0.2, 0.25) is 0 Å². The summed E-state index contributed by atoms with van der Waals surface area (Å²) < 4.78 is 22.7. The van der Waals surface area contributed by atoms with Crippen molar-refractivity contribution < 1.29 is 13.9 Å². The Kier molecular flexibility index (Phi) is 6.40. The maximum Gasteiger partial charge on any atom is 0.189 e. The van der Waals surface area contributed by atoms with Crippen molar-refractivity contribution in [2.24, 2.45) is 5.73 Å². The highest BCUT2D eigenvalue weighted by molar-refractivity contribution is 4.60. The van der Waals surface area contributed by atoms with Gasteiger partial charge in [-0.2, -0.15) is 0 Å². The molecule has 1 unspecified atom stereocenters. The first kappa shape index (κ1) is 10.8. The second-order valence-electron chi connectivity index (χ2n) is 2.03. The zero-order valence-corrected chi connectivity index (χ0v) is 7.05. The van der Waals surface area contributed by atoms with Crippen molar-refractivity contribution in [1.82, 2.24) is 0 Å². The Morgan fingerprint density at radius 1 is 1.27 bits per heavy atom. The lowest BCUT2D eigenvalue weighted by molar-refractivity contribution is -0.169. The van der Waals surface area contributed by atoms with Crippen molar-refractivity contribution >= 4 is 0 Å². The Balaban J connectivity index is 3.66. The molecule has 68 valence electrons. The van der Waals surface area contributed by atoms with E-state index >= 15 is 0 Å². The van der Waals surface area contributed by atoms with Crippen molar-refractivity contribution in [2.45, 2.75) is 26.3 Å². The standard InChI is InChI=1S/C7H16FNO2/c1-3-10-7(11-4-2)6(8)5-9/h6-7H,3-5,9H2,1-2H3. The highest BCUT2D eigenvalue weighted by Crippen LogP contribution is 2.04. The Morgan fingerprint density at radius 2 is 1.73 bits per heavy atom. The van der Waals surface area contributed by atoms with Crippen LogP contribution in [0, 0.1) is 0 Å². The van der Waals surface area contributed by atoms with Crippen LogP contribution in [0.15, 0.2) is 0 Å². The van der Waals surface area contributed by atoms with Gasteiger partial charge in [-0.25, -0.2) is 4.39 Å². The van der Waals surface area contributed by atoms with E-state index in [0.29, 0.717) is 13.2 Å². The summed E-state index contributed by atoms with van der Waals surface area (Å²) in [5.41, 5.74) is 5.10. The van der Waals surface area contributed by atoms with Crippen LogP contribution in [-0.4, -0.2) is 32.2 Å². The predicted octanol–water partition coefficient (Wildman–Crippen LogP) is 0.682. The molecule has 3 nitrogen and oxygen atoms in total. The molecule has 1 atom stereocenters. The van der Waals surface area contributed by atoms with Gasteiger partial charge in [0.05, 0.1) is 0 Å². The van der Waals surface area contributed by atoms with Crippen LogP contribution in [0.25, 0.3) is 0 Å². The molecule has 0 spiro atoms. The van der Waals surface area contributed by atoms with E-state index in [1.807, 2.05) is 0 Å². The van der Waals surface area contributed by atoms with E-state index in [9.17, 15) is 4.39 Å². The molecule has 0 saturated heterocycles. The van der Waals surface area contributed by atoms with E-state index in [1.54, 1.807) is 13.8 Å². The zero-order chi connectivity index (χ0) is 8.69. The molecule has 0 aliphatic heterocycles. The summed E-state index contributed by atoms with van der Waals surface area (Å²) in [6.45, 7) is 4.38. The monoisotopic (exact) mass is 165 g/mol. The third kappa shape index (κ3) is 4.29. The van der Waals surface area contributed by atoms with Gasteiger partial charge in [-0.1, -0.05) is 0 Å². The maximum atomic E-state index is 12.8. The molecule has 4 heteroatoms. The minimum absolute atomic E-state index is 0.0648. The van der Waals surface area contributed by atoms with Gasteiger partial charge in [0.15, 0.2) is 12.5 Å². The third-order valence-electron chi connectivity index (χ3n) is 1.18. The maximum absolute atomic E-state index is 12.8. The van der Waals surface area contributed by atoms with Gasteiger partial charge in [0.1, 0.15) is 0 Å². The van der Waals surface area contributed by atoms with Crippen LogP contribution in [0.4, 0.5) is 4.39 Å². The summed E-state index contributed by atoms with van der Waals surface area (Å²) in [4.78, 5) is 0. The van der Waals surface area contributed by atoms with Gasteiger partial charge in [0.25, 0.3) is 0 Å². The van der Waals surface area contributed by atoms with Crippen LogP contribution in [0.2, 0.25) is 0 Å². The van der Waals surface area contributed by atoms with Gasteiger partial charge >= 0.3 is 0 Å². The molecule has 0 aromatic heterocycles. The fourth-order valence-corrected chi connectivity index (χ4v) is 0.697. The number of ether oxygens (including phenoxy) is 2. The van der Waals surface area contributed by atoms with Crippen LogP contribution in [0.1, 0.15) is 13.8 Å². The summed E-state index contributed by atoms with van der Waals surface area (Å²) >= 11 is 0. The lowest BCUT2D eigenvalue weighted by Crippen LogP contribution is -2.34. The number of rotatable bonds is 6. The van der Waals surface area contributed by atoms with E-state index in [2.05, 4.69) is 0 Å². The van der Waals surface area contributed by atoms with Gasteiger partial charge in [-0.05, 0) is 13.8 Å². The molecule has 0 aliphatic carbocycles. The molecule has 0 aromatic carbocycles. The first-order valence-corrected chi connectivity index (χ1v) is 3.83. The molecule has 0 fully saturated rings. The summed E-state index contributed by atoms with van der Waals surface area (Å²) in [5, 5.41) is 0. The fraction of sp³-hybridized carbons (Fsp3) is 1.00. The van der Waals surface area contributed by atoms with Crippen molar-refractivity contribution in [3.05, 3.63) is 0 Å².